The van der Waals surface area contributed by atoms with Crippen LogP contribution in [0.25, 0.3) is 5.70 Å². The van der Waals surface area contributed by atoms with Crippen molar-refractivity contribution in [2.24, 2.45) is 5.73 Å². The van der Waals surface area contributed by atoms with Gasteiger partial charge >= 0.3 is 6.18 Å². The lowest BCUT2D eigenvalue weighted by molar-refractivity contribution is -0.245. The highest BCUT2D eigenvalue weighted by atomic mass is 19.4. The fourth-order valence-electron chi connectivity index (χ4n) is 2.81. The second kappa shape index (κ2) is 10.7. The van der Waals surface area contributed by atoms with Gasteiger partial charge in [-0.05, 0) is 12.1 Å². The van der Waals surface area contributed by atoms with Gasteiger partial charge in [-0.1, -0.05) is 17.3 Å². The number of carbonyl (C=O) groups excluding carboxylic acids is 1. The number of allylic oxidation sites excluding steroid dienone is 1. The van der Waals surface area contributed by atoms with Crippen molar-refractivity contribution in [3.63, 3.8) is 0 Å². The average Bonchev–Trinajstić information content (AvgIpc) is 3.37. The second-order valence-corrected chi connectivity index (χ2v) is 7.39. The maximum atomic E-state index is 14.1. The standard InChI is InChI=1S/C21H17F6N7O3/c22-11-3-1-2-10(16(11)24)7-30-15(14-4-5-37-34-14)6-13(28)18-31-8-12(23)17(33-18)32-9-20(36,19(29)35)21(25,26)27/h1-6,8,28,30,36H,7,9H2,(H2,29,35)(H,31,32,33)/b15-6-,28-13?. The summed E-state index contributed by atoms with van der Waals surface area (Å²) in [5.41, 5.74) is 0.204. The normalized spacial score (nSPS) is 13.6. The molecular weight excluding hydrogens is 512 g/mol. The van der Waals surface area contributed by atoms with E-state index < -0.39 is 59.0 Å². The number of carbonyl (C=O) groups is 1. The Balaban J connectivity index is 1.86. The monoisotopic (exact) mass is 529 g/mol. The number of hydrogen-bond acceptors (Lipinski definition) is 9. The lowest BCUT2D eigenvalue weighted by Crippen LogP contribution is -2.59. The number of alkyl halides is 3. The van der Waals surface area contributed by atoms with Crippen LogP contribution >= 0.6 is 0 Å². The smallest absolute Gasteiger partial charge is 0.379 e. The highest BCUT2D eigenvalue weighted by Crippen LogP contribution is 2.30. The minimum absolute atomic E-state index is 0.0463. The van der Waals surface area contributed by atoms with Crippen LogP contribution in [0.15, 0.2) is 47.3 Å². The van der Waals surface area contributed by atoms with Gasteiger partial charge in [-0.15, -0.1) is 0 Å². The molecule has 6 N–H and O–H groups in total. The van der Waals surface area contributed by atoms with Gasteiger partial charge in [0, 0.05) is 18.2 Å². The Labute approximate surface area is 203 Å². The van der Waals surface area contributed by atoms with E-state index in [-0.39, 0.29) is 23.5 Å². The van der Waals surface area contributed by atoms with E-state index in [1.54, 1.807) is 0 Å². The lowest BCUT2D eigenvalue weighted by atomic mass is 10.0. The van der Waals surface area contributed by atoms with Gasteiger partial charge in [0.05, 0.1) is 18.4 Å². The van der Waals surface area contributed by atoms with Crippen molar-refractivity contribution in [3.05, 3.63) is 77.3 Å². The van der Waals surface area contributed by atoms with Gasteiger partial charge in [0.15, 0.2) is 29.1 Å². The first kappa shape index (κ1) is 27.1. The molecule has 3 aromatic rings. The minimum atomic E-state index is -5.48. The van der Waals surface area contributed by atoms with E-state index in [1.165, 1.54) is 24.5 Å². The van der Waals surface area contributed by atoms with Gasteiger partial charge in [-0.2, -0.15) is 13.2 Å². The third-order valence-electron chi connectivity index (χ3n) is 4.88. The maximum absolute atomic E-state index is 14.1. The van der Waals surface area contributed by atoms with E-state index >= 15 is 0 Å². The first-order valence-electron chi connectivity index (χ1n) is 10.1. The summed E-state index contributed by atoms with van der Waals surface area (Å²) in [4.78, 5) is 18.4. The molecule has 0 spiro atoms. The molecule has 3 rings (SSSR count). The Morgan fingerprint density at radius 3 is 2.54 bits per heavy atom. The molecule has 0 aliphatic rings. The number of nitrogens with two attached hydrogens (primary N) is 1. The van der Waals surface area contributed by atoms with Crippen LogP contribution in [0, 0.1) is 22.9 Å². The molecular formula is C21H17F6N7O3. The summed E-state index contributed by atoms with van der Waals surface area (Å²) in [6.07, 6.45) is -2.68. The number of benzene rings is 1. The van der Waals surface area contributed by atoms with Gasteiger partial charge in [0.2, 0.25) is 0 Å². The molecule has 1 atom stereocenters. The van der Waals surface area contributed by atoms with Crippen molar-refractivity contribution in [2.75, 3.05) is 11.9 Å². The fraction of sp³-hybridized carbons (Fsp3) is 0.190. The maximum Gasteiger partial charge on any atom is 0.428 e. The van der Waals surface area contributed by atoms with Crippen molar-refractivity contribution >= 4 is 23.1 Å². The van der Waals surface area contributed by atoms with E-state index in [0.29, 0.717) is 6.20 Å². The van der Waals surface area contributed by atoms with Crippen LogP contribution in [0.4, 0.5) is 32.2 Å². The Hall–Kier alpha value is -4.47. The highest BCUT2D eigenvalue weighted by molar-refractivity contribution is 6.07. The first-order chi connectivity index (χ1) is 17.3. The van der Waals surface area contributed by atoms with Crippen molar-refractivity contribution in [3.8, 4) is 0 Å². The van der Waals surface area contributed by atoms with Gasteiger partial charge in [-0.25, -0.2) is 23.1 Å². The molecule has 1 aromatic carbocycles. The molecule has 2 aromatic heterocycles. The number of amides is 1. The summed E-state index contributed by atoms with van der Waals surface area (Å²) in [6, 6.07) is 4.90. The zero-order valence-corrected chi connectivity index (χ0v) is 18.4. The zero-order valence-electron chi connectivity index (χ0n) is 18.4. The van der Waals surface area contributed by atoms with E-state index in [4.69, 9.17) is 9.93 Å². The Kier molecular flexibility index (Phi) is 7.81. The Morgan fingerprint density at radius 2 is 1.92 bits per heavy atom. The van der Waals surface area contributed by atoms with Crippen molar-refractivity contribution in [1.29, 1.82) is 5.41 Å². The topological polar surface area (TPSA) is 163 Å². The quantitative estimate of drug-likeness (QED) is 0.197. The molecule has 196 valence electrons. The number of aliphatic hydroxyl groups is 1. The van der Waals surface area contributed by atoms with Crippen LogP contribution in [0.5, 0.6) is 0 Å². The van der Waals surface area contributed by atoms with Crippen molar-refractivity contribution in [1.82, 2.24) is 20.4 Å². The molecule has 10 nitrogen and oxygen atoms in total. The predicted octanol–water partition coefficient (Wildman–Crippen LogP) is 2.27. The van der Waals surface area contributed by atoms with E-state index in [0.717, 1.165) is 12.1 Å². The average molecular weight is 529 g/mol. The minimum Gasteiger partial charge on any atom is -0.379 e. The van der Waals surface area contributed by atoms with Gasteiger partial charge in [-0.3, -0.25) is 10.2 Å². The summed E-state index contributed by atoms with van der Waals surface area (Å²) in [6.45, 7) is -1.83. The molecule has 0 fully saturated rings. The highest BCUT2D eigenvalue weighted by Gasteiger charge is 2.58. The largest absolute Gasteiger partial charge is 0.428 e. The molecule has 0 radical (unpaired) electrons. The predicted molar refractivity (Wildman–Crippen MR) is 115 cm³/mol. The van der Waals surface area contributed by atoms with E-state index in [1.807, 2.05) is 5.32 Å². The van der Waals surface area contributed by atoms with Crippen LogP contribution in [-0.2, 0) is 11.3 Å². The van der Waals surface area contributed by atoms with Gasteiger partial charge in [0.1, 0.15) is 17.7 Å². The summed E-state index contributed by atoms with van der Waals surface area (Å²) < 4.78 is 85.5. The van der Waals surface area contributed by atoms with Crippen molar-refractivity contribution in [2.45, 2.75) is 18.3 Å². The molecule has 37 heavy (non-hydrogen) atoms. The summed E-state index contributed by atoms with van der Waals surface area (Å²) in [5.74, 6) is -6.94. The molecule has 16 heteroatoms. The molecule has 2 heterocycles. The van der Waals surface area contributed by atoms with Gasteiger partial charge < -0.3 is 26.0 Å². The lowest BCUT2D eigenvalue weighted by Gasteiger charge is -2.27. The van der Waals surface area contributed by atoms with Crippen LogP contribution in [0.1, 0.15) is 17.1 Å². The summed E-state index contributed by atoms with van der Waals surface area (Å²) in [5, 5.41) is 26.1. The number of nitrogens with zero attached hydrogens (tertiary/aromatic N) is 3. The van der Waals surface area contributed by atoms with E-state index in [2.05, 4.69) is 26.2 Å². The third kappa shape index (κ3) is 6.03. The van der Waals surface area contributed by atoms with Crippen molar-refractivity contribution < 1.29 is 40.8 Å². The van der Waals surface area contributed by atoms with E-state index in [9.17, 15) is 36.2 Å². The number of anilines is 1. The number of hydrogen-bond donors (Lipinski definition) is 5. The molecule has 1 unspecified atom stereocenters. The number of aromatic nitrogens is 3. The fourth-order valence-corrected chi connectivity index (χ4v) is 2.81. The number of rotatable bonds is 10. The summed E-state index contributed by atoms with van der Waals surface area (Å²) >= 11 is 0. The SMILES string of the molecule is N=C(/C=C(\NCc1cccc(F)c1F)c1ccon1)c1ncc(F)c(NCC(O)(C(N)=O)C(F)(F)F)n1. The van der Waals surface area contributed by atoms with Crippen LogP contribution in [0.2, 0.25) is 0 Å². The summed E-state index contributed by atoms with van der Waals surface area (Å²) in [7, 11) is 0. The number of nitrogens with one attached hydrogen (secondary N) is 3. The second-order valence-electron chi connectivity index (χ2n) is 7.39. The Morgan fingerprint density at radius 1 is 1.19 bits per heavy atom. The third-order valence-corrected chi connectivity index (χ3v) is 4.88. The van der Waals surface area contributed by atoms with Crippen LogP contribution in [0.3, 0.4) is 0 Å². The van der Waals surface area contributed by atoms with Crippen LogP contribution < -0.4 is 16.4 Å². The molecule has 0 saturated heterocycles. The molecule has 1 amide bonds. The Bertz CT molecular complexity index is 1330. The van der Waals surface area contributed by atoms with Crippen LogP contribution in [-0.4, -0.2) is 50.2 Å². The molecule has 0 aliphatic heterocycles. The molecule has 0 aliphatic carbocycles. The molecule has 0 saturated carbocycles. The molecule has 0 bridgehead atoms. The number of primary amides is 1. The van der Waals surface area contributed by atoms with Gasteiger partial charge in [0.25, 0.3) is 11.5 Å². The number of halogens is 6. The first-order valence-corrected chi connectivity index (χ1v) is 10.1. The zero-order chi connectivity index (χ0) is 27.4.